The molecule has 0 aromatic heterocycles. The number of sulfonamides is 1. The molecule has 1 aromatic carbocycles. The number of benzene rings is 1. The number of hydrogen-bond acceptors (Lipinski definition) is 3. The van der Waals surface area contributed by atoms with Gasteiger partial charge in [-0.15, -0.1) is 0 Å². The van der Waals surface area contributed by atoms with Gasteiger partial charge in [-0.2, -0.15) is 0 Å². The van der Waals surface area contributed by atoms with E-state index >= 15 is 0 Å². The van der Waals surface area contributed by atoms with Crippen LogP contribution >= 0.6 is 15.9 Å². The Morgan fingerprint density at radius 1 is 1.32 bits per heavy atom. The Hall–Kier alpha value is -0.430. The van der Waals surface area contributed by atoms with Gasteiger partial charge in [0.05, 0.1) is 6.26 Å². The monoisotopic (exact) mass is 348 g/mol. The molecular formula is C13H21BrN2O2S. The maximum Gasteiger partial charge on any atom is 0.209 e. The van der Waals surface area contributed by atoms with E-state index in [0.29, 0.717) is 13.1 Å². The molecule has 0 aliphatic rings. The van der Waals surface area contributed by atoms with Gasteiger partial charge in [0.1, 0.15) is 0 Å². The number of hydrogen-bond donors (Lipinski definition) is 2. The highest BCUT2D eigenvalue weighted by atomic mass is 79.9. The van der Waals surface area contributed by atoms with Gasteiger partial charge in [0.25, 0.3) is 0 Å². The minimum Gasteiger partial charge on any atom is -0.311 e. The van der Waals surface area contributed by atoms with Crippen LogP contribution in [0.1, 0.15) is 25.0 Å². The Bertz CT molecular complexity index is 542. The first kappa shape index (κ1) is 16.6. The van der Waals surface area contributed by atoms with Crippen LogP contribution in [0.3, 0.4) is 0 Å². The first-order valence-corrected chi connectivity index (χ1v) is 8.72. The van der Waals surface area contributed by atoms with Crippen molar-refractivity contribution in [3.05, 3.63) is 33.8 Å². The molecule has 0 unspecified atom stereocenters. The molecule has 0 amide bonds. The molecule has 0 saturated heterocycles. The molecule has 0 fully saturated rings. The summed E-state index contributed by atoms with van der Waals surface area (Å²) in [6.45, 7) is 7.03. The second kappa shape index (κ2) is 6.35. The molecule has 1 rings (SSSR count). The van der Waals surface area contributed by atoms with Crippen LogP contribution in [0.2, 0.25) is 0 Å². The van der Waals surface area contributed by atoms with E-state index in [2.05, 4.69) is 32.0 Å². The van der Waals surface area contributed by atoms with Gasteiger partial charge in [-0.3, -0.25) is 0 Å². The summed E-state index contributed by atoms with van der Waals surface area (Å²) in [4.78, 5) is 0. The highest BCUT2D eigenvalue weighted by Gasteiger charge is 2.21. The van der Waals surface area contributed by atoms with E-state index in [9.17, 15) is 8.42 Å². The third-order valence-corrected chi connectivity index (χ3v) is 4.39. The van der Waals surface area contributed by atoms with Crippen molar-refractivity contribution >= 4 is 26.0 Å². The van der Waals surface area contributed by atoms with Crippen LogP contribution in [0, 0.1) is 6.92 Å². The lowest BCUT2D eigenvalue weighted by atomic mass is 10.1. The third kappa shape index (κ3) is 6.51. The number of halogens is 1. The molecule has 0 atom stereocenters. The SMILES string of the molecule is Cc1cc(CNCC(C)(C)NS(C)(=O)=O)ccc1Br. The zero-order valence-electron chi connectivity index (χ0n) is 11.7. The fourth-order valence-electron chi connectivity index (χ4n) is 1.87. The normalized spacial score (nSPS) is 12.7. The van der Waals surface area contributed by atoms with Crippen molar-refractivity contribution < 1.29 is 8.42 Å². The predicted molar refractivity (Wildman–Crippen MR) is 82.6 cm³/mol. The second-order valence-electron chi connectivity index (χ2n) is 5.45. The summed E-state index contributed by atoms with van der Waals surface area (Å²) < 4.78 is 26.1. The van der Waals surface area contributed by atoms with Crippen LogP contribution < -0.4 is 10.0 Å². The molecular weight excluding hydrogens is 328 g/mol. The van der Waals surface area contributed by atoms with Crippen molar-refractivity contribution in [3.8, 4) is 0 Å². The Balaban J connectivity index is 2.51. The lowest BCUT2D eigenvalue weighted by molar-refractivity contribution is 0.421. The first-order valence-electron chi connectivity index (χ1n) is 6.04. The molecule has 0 aliphatic heterocycles. The van der Waals surface area contributed by atoms with E-state index in [1.54, 1.807) is 0 Å². The van der Waals surface area contributed by atoms with E-state index in [0.717, 1.165) is 4.47 Å². The van der Waals surface area contributed by atoms with Crippen molar-refractivity contribution in [2.75, 3.05) is 12.8 Å². The maximum absolute atomic E-state index is 11.2. The summed E-state index contributed by atoms with van der Waals surface area (Å²) in [5.74, 6) is 0. The summed E-state index contributed by atoms with van der Waals surface area (Å²) in [5.41, 5.74) is 1.86. The van der Waals surface area contributed by atoms with Crippen LogP contribution in [0.15, 0.2) is 22.7 Å². The van der Waals surface area contributed by atoms with E-state index in [1.807, 2.05) is 32.9 Å². The molecule has 0 aliphatic carbocycles. The maximum atomic E-state index is 11.2. The fourth-order valence-corrected chi connectivity index (χ4v) is 3.20. The average Bonchev–Trinajstić information content (AvgIpc) is 2.19. The highest BCUT2D eigenvalue weighted by molar-refractivity contribution is 9.10. The number of aryl methyl sites for hydroxylation is 1. The third-order valence-electron chi connectivity index (χ3n) is 2.58. The van der Waals surface area contributed by atoms with Crippen LogP contribution in [-0.2, 0) is 16.6 Å². The van der Waals surface area contributed by atoms with E-state index < -0.39 is 15.6 Å². The van der Waals surface area contributed by atoms with Crippen LogP contribution in [0.25, 0.3) is 0 Å². The molecule has 0 radical (unpaired) electrons. The van der Waals surface area contributed by atoms with E-state index in [-0.39, 0.29) is 0 Å². The Labute approximate surface area is 124 Å². The van der Waals surface area contributed by atoms with Crippen molar-refractivity contribution in [1.82, 2.24) is 10.0 Å². The van der Waals surface area contributed by atoms with Gasteiger partial charge >= 0.3 is 0 Å². The minimum absolute atomic E-state index is 0.502. The molecule has 108 valence electrons. The molecule has 19 heavy (non-hydrogen) atoms. The molecule has 0 spiro atoms. The fraction of sp³-hybridized carbons (Fsp3) is 0.538. The topological polar surface area (TPSA) is 58.2 Å². The van der Waals surface area contributed by atoms with E-state index in [1.165, 1.54) is 17.4 Å². The molecule has 2 N–H and O–H groups in total. The Morgan fingerprint density at radius 3 is 2.47 bits per heavy atom. The largest absolute Gasteiger partial charge is 0.311 e. The zero-order chi connectivity index (χ0) is 14.7. The average molecular weight is 349 g/mol. The summed E-state index contributed by atoms with van der Waals surface area (Å²) in [6, 6.07) is 6.17. The van der Waals surface area contributed by atoms with Crippen LogP contribution in [0.5, 0.6) is 0 Å². The Morgan fingerprint density at radius 2 is 1.95 bits per heavy atom. The van der Waals surface area contributed by atoms with Crippen molar-refractivity contribution in [1.29, 1.82) is 0 Å². The number of rotatable bonds is 6. The molecule has 4 nitrogen and oxygen atoms in total. The first-order chi connectivity index (χ1) is 8.59. The Kier molecular flexibility index (Phi) is 5.55. The molecule has 1 aromatic rings. The lowest BCUT2D eigenvalue weighted by Crippen LogP contribution is -2.49. The number of nitrogens with one attached hydrogen (secondary N) is 2. The van der Waals surface area contributed by atoms with E-state index in [4.69, 9.17) is 0 Å². The van der Waals surface area contributed by atoms with Gasteiger partial charge in [-0.25, -0.2) is 13.1 Å². The van der Waals surface area contributed by atoms with Crippen molar-refractivity contribution in [2.45, 2.75) is 32.9 Å². The van der Waals surface area contributed by atoms with Gasteiger partial charge in [0, 0.05) is 23.1 Å². The zero-order valence-corrected chi connectivity index (χ0v) is 14.2. The summed E-state index contributed by atoms with van der Waals surface area (Å²) in [7, 11) is -3.19. The summed E-state index contributed by atoms with van der Waals surface area (Å²) in [5, 5.41) is 3.27. The standard InChI is InChI=1S/C13H21BrN2O2S/c1-10-7-11(5-6-12(10)14)8-15-9-13(2,3)16-19(4,17)18/h5-7,15-16H,8-9H2,1-4H3. The summed E-state index contributed by atoms with van der Waals surface area (Å²) >= 11 is 3.47. The minimum atomic E-state index is -3.19. The van der Waals surface area contributed by atoms with Gasteiger partial charge in [0.15, 0.2) is 0 Å². The highest BCUT2D eigenvalue weighted by Crippen LogP contribution is 2.17. The van der Waals surface area contributed by atoms with Crippen LogP contribution in [0.4, 0.5) is 0 Å². The smallest absolute Gasteiger partial charge is 0.209 e. The van der Waals surface area contributed by atoms with Gasteiger partial charge in [-0.05, 0) is 38.0 Å². The van der Waals surface area contributed by atoms with Crippen LogP contribution in [-0.4, -0.2) is 26.8 Å². The van der Waals surface area contributed by atoms with Gasteiger partial charge < -0.3 is 5.32 Å². The lowest BCUT2D eigenvalue weighted by Gasteiger charge is -2.25. The molecule has 6 heteroatoms. The van der Waals surface area contributed by atoms with Gasteiger partial charge in [0.2, 0.25) is 10.0 Å². The second-order valence-corrected chi connectivity index (χ2v) is 8.05. The molecule has 0 heterocycles. The van der Waals surface area contributed by atoms with Gasteiger partial charge in [-0.1, -0.05) is 28.1 Å². The predicted octanol–water partition coefficient (Wildman–Crippen LogP) is 2.17. The van der Waals surface area contributed by atoms with Crippen molar-refractivity contribution in [3.63, 3.8) is 0 Å². The van der Waals surface area contributed by atoms with Crippen molar-refractivity contribution in [2.24, 2.45) is 0 Å². The quantitative estimate of drug-likeness (QED) is 0.828. The molecule has 0 bridgehead atoms. The molecule has 0 saturated carbocycles. The summed E-state index contributed by atoms with van der Waals surface area (Å²) in [6.07, 6.45) is 1.17.